The molecule has 1 saturated carbocycles. The van der Waals surface area contributed by atoms with Crippen LogP contribution in [0.3, 0.4) is 0 Å². The molecule has 5 amide bonds. The Balaban J connectivity index is 1.47. The molecule has 1 aliphatic carbocycles. The van der Waals surface area contributed by atoms with Gasteiger partial charge >= 0.3 is 0 Å². The Hall–Kier alpha value is -3.84. The molecule has 2 atom stereocenters. The molecule has 0 radical (unpaired) electrons. The summed E-state index contributed by atoms with van der Waals surface area (Å²) in [7, 11) is 3.49. The highest BCUT2D eigenvalue weighted by Crippen LogP contribution is 2.28. The lowest BCUT2D eigenvalue weighted by Crippen LogP contribution is -2.54. The zero-order valence-electron chi connectivity index (χ0n) is 26.1. The van der Waals surface area contributed by atoms with Crippen molar-refractivity contribution >= 4 is 46.6 Å². The smallest absolute Gasteiger partial charge is 0.262 e. The number of rotatable bonds is 11. The summed E-state index contributed by atoms with van der Waals surface area (Å²) in [6, 6.07) is 5.70. The van der Waals surface area contributed by atoms with Crippen LogP contribution in [-0.4, -0.2) is 91.7 Å². The molecule has 4 rings (SSSR count). The van der Waals surface area contributed by atoms with E-state index in [1.54, 1.807) is 30.0 Å². The van der Waals surface area contributed by atoms with Crippen LogP contribution in [0.4, 0.5) is 10.1 Å². The molecule has 11 nitrogen and oxygen atoms in total. The van der Waals surface area contributed by atoms with Crippen molar-refractivity contribution in [3.05, 3.63) is 51.5 Å². The van der Waals surface area contributed by atoms with Crippen LogP contribution < -0.4 is 21.3 Å². The molecule has 13 heteroatoms. The third-order valence-electron chi connectivity index (χ3n) is 8.47. The van der Waals surface area contributed by atoms with Crippen molar-refractivity contribution in [2.45, 2.75) is 64.0 Å². The number of nitrogens with one attached hydrogen (secondary N) is 4. The van der Waals surface area contributed by atoms with Gasteiger partial charge in [0.05, 0.1) is 15.4 Å². The fraction of sp³-hybridized carbons (Fsp3) is 0.531. The SMILES string of the molecule is CCC(=O)N[C@H](Cc1ccc(NC(=O)[C@@H](NC(=O)c2ccc(C(=O)NC)s2)C2CCCCC2)c(F)c1)C(=O)N1CCN(C)CC1. The van der Waals surface area contributed by atoms with Crippen LogP contribution in [0.25, 0.3) is 0 Å². The van der Waals surface area contributed by atoms with E-state index in [2.05, 4.69) is 26.2 Å². The first-order valence-corrected chi connectivity index (χ1v) is 16.4. The lowest BCUT2D eigenvalue weighted by Gasteiger charge is -2.34. The zero-order valence-corrected chi connectivity index (χ0v) is 26.9. The van der Waals surface area contributed by atoms with Crippen molar-refractivity contribution in [1.82, 2.24) is 25.8 Å². The average molecular weight is 643 g/mol. The Morgan fingerprint density at radius 1 is 0.933 bits per heavy atom. The standard InChI is InChI=1S/C32H43FN6O5S/c1-4-27(40)35-24(32(44)39-16-14-38(3)15-17-39)19-20-10-11-23(22(33)18-20)36-31(43)28(21-8-6-5-7-9-21)37-30(42)26-13-12-25(45-26)29(41)34-2/h10-13,18,21,24,28H,4-9,14-17,19H2,1-3H3,(H,34,41)(H,35,40)(H,36,43)(H,37,42)/t24-,28+/m1/s1. The van der Waals surface area contributed by atoms with Crippen LogP contribution in [0.5, 0.6) is 0 Å². The quantitative estimate of drug-likeness (QED) is 0.297. The monoisotopic (exact) mass is 642 g/mol. The summed E-state index contributed by atoms with van der Waals surface area (Å²) >= 11 is 1.03. The van der Waals surface area contributed by atoms with E-state index in [0.717, 1.165) is 56.5 Å². The molecule has 1 aromatic carbocycles. The number of carbonyl (C=O) groups excluding carboxylic acids is 5. The van der Waals surface area contributed by atoms with Gasteiger partial charge in [-0.2, -0.15) is 0 Å². The molecule has 0 unspecified atom stereocenters. The third kappa shape index (κ3) is 9.10. The minimum Gasteiger partial charge on any atom is -0.354 e. The van der Waals surface area contributed by atoms with Crippen molar-refractivity contribution in [1.29, 1.82) is 0 Å². The lowest BCUT2D eigenvalue weighted by atomic mass is 9.83. The van der Waals surface area contributed by atoms with E-state index < -0.39 is 29.7 Å². The maximum atomic E-state index is 15.4. The molecular formula is C32H43FN6O5S. The van der Waals surface area contributed by atoms with Crippen molar-refractivity contribution in [3.8, 4) is 0 Å². The molecule has 0 spiro atoms. The van der Waals surface area contributed by atoms with E-state index in [0.29, 0.717) is 28.4 Å². The first-order valence-electron chi connectivity index (χ1n) is 15.6. The van der Waals surface area contributed by atoms with E-state index >= 15 is 4.39 Å². The fourth-order valence-corrected chi connectivity index (χ4v) is 6.61. The summed E-state index contributed by atoms with van der Waals surface area (Å²) in [6.45, 7) is 4.27. The predicted octanol–water partition coefficient (Wildman–Crippen LogP) is 2.78. The Labute approximate surface area is 267 Å². The number of anilines is 1. The second-order valence-corrected chi connectivity index (χ2v) is 12.8. The van der Waals surface area contributed by atoms with Gasteiger partial charge in [-0.1, -0.05) is 32.3 Å². The number of piperazine rings is 1. The van der Waals surface area contributed by atoms with Gasteiger partial charge in [0.2, 0.25) is 17.7 Å². The summed E-state index contributed by atoms with van der Waals surface area (Å²) in [5.41, 5.74) is 0.451. The maximum Gasteiger partial charge on any atom is 0.262 e. The number of benzene rings is 1. The average Bonchev–Trinajstić information content (AvgIpc) is 3.55. The number of carbonyl (C=O) groups is 5. The van der Waals surface area contributed by atoms with E-state index in [1.165, 1.54) is 19.2 Å². The molecule has 2 aliphatic rings. The molecule has 2 fully saturated rings. The van der Waals surface area contributed by atoms with Gasteiger partial charge < -0.3 is 31.1 Å². The third-order valence-corrected chi connectivity index (χ3v) is 9.55. The number of halogens is 1. The molecule has 244 valence electrons. The van der Waals surface area contributed by atoms with Gasteiger partial charge in [0.15, 0.2) is 0 Å². The van der Waals surface area contributed by atoms with Gasteiger partial charge in [0.25, 0.3) is 11.8 Å². The van der Waals surface area contributed by atoms with Gasteiger partial charge in [0.1, 0.15) is 17.9 Å². The Kier molecular flexibility index (Phi) is 12.1. The fourth-order valence-electron chi connectivity index (χ4n) is 5.76. The minimum atomic E-state index is -0.891. The molecule has 45 heavy (non-hydrogen) atoms. The number of hydrogen-bond donors (Lipinski definition) is 4. The Morgan fingerprint density at radius 2 is 1.60 bits per heavy atom. The lowest BCUT2D eigenvalue weighted by molar-refractivity contribution is -0.137. The van der Waals surface area contributed by atoms with Gasteiger partial charge in [-0.25, -0.2) is 4.39 Å². The number of hydrogen-bond acceptors (Lipinski definition) is 7. The highest BCUT2D eigenvalue weighted by atomic mass is 32.1. The van der Waals surface area contributed by atoms with Crippen molar-refractivity contribution in [2.75, 3.05) is 45.6 Å². The Bertz CT molecular complexity index is 1390. The molecule has 2 heterocycles. The molecule has 1 saturated heterocycles. The summed E-state index contributed by atoms with van der Waals surface area (Å²) in [5.74, 6) is -2.58. The summed E-state index contributed by atoms with van der Waals surface area (Å²) in [4.78, 5) is 68.7. The molecule has 0 bridgehead atoms. The summed E-state index contributed by atoms with van der Waals surface area (Å²) < 4.78 is 15.4. The first kappa shape index (κ1) is 34.0. The van der Waals surface area contributed by atoms with E-state index in [1.807, 2.05) is 7.05 Å². The summed E-state index contributed by atoms with van der Waals surface area (Å²) in [6.07, 6.45) is 4.71. The molecule has 2 aromatic rings. The maximum absolute atomic E-state index is 15.4. The van der Waals surface area contributed by atoms with Gasteiger partial charge in [-0.05, 0) is 55.6 Å². The number of thiophene rings is 1. The van der Waals surface area contributed by atoms with E-state index in [9.17, 15) is 24.0 Å². The van der Waals surface area contributed by atoms with Crippen LogP contribution in [0.2, 0.25) is 0 Å². The number of amides is 5. The minimum absolute atomic E-state index is 0.0450. The summed E-state index contributed by atoms with van der Waals surface area (Å²) in [5, 5.41) is 10.8. The van der Waals surface area contributed by atoms with Gasteiger partial charge in [0, 0.05) is 46.1 Å². The highest BCUT2D eigenvalue weighted by molar-refractivity contribution is 7.15. The second-order valence-electron chi connectivity index (χ2n) is 11.7. The topological polar surface area (TPSA) is 140 Å². The van der Waals surface area contributed by atoms with Crippen LogP contribution in [0.15, 0.2) is 30.3 Å². The normalized spacial score (nSPS) is 17.2. The van der Waals surface area contributed by atoms with E-state index in [-0.39, 0.29) is 42.2 Å². The van der Waals surface area contributed by atoms with Crippen LogP contribution >= 0.6 is 11.3 Å². The predicted molar refractivity (Wildman–Crippen MR) is 171 cm³/mol. The van der Waals surface area contributed by atoms with Gasteiger partial charge in [-0.3, -0.25) is 24.0 Å². The molecule has 4 N–H and O–H groups in total. The van der Waals surface area contributed by atoms with Crippen molar-refractivity contribution < 1.29 is 28.4 Å². The number of likely N-dealkylation sites (N-methyl/N-ethyl adjacent to an activating group) is 1. The van der Waals surface area contributed by atoms with Crippen molar-refractivity contribution in [2.24, 2.45) is 5.92 Å². The molecular weight excluding hydrogens is 599 g/mol. The number of nitrogens with zero attached hydrogens (tertiary/aromatic N) is 2. The van der Waals surface area contributed by atoms with Crippen LogP contribution in [0.1, 0.15) is 70.4 Å². The molecule has 1 aliphatic heterocycles. The van der Waals surface area contributed by atoms with Crippen molar-refractivity contribution in [3.63, 3.8) is 0 Å². The van der Waals surface area contributed by atoms with E-state index in [4.69, 9.17) is 0 Å². The first-order chi connectivity index (χ1) is 21.6. The zero-order chi connectivity index (χ0) is 32.5. The molecule has 1 aromatic heterocycles. The van der Waals surface area contributed by atoms with Crippen LogP contribution in [-0.2, 0) is 20.8 Å². The highest BCUT2D eigenvalue weighted by Gasteiger charge is 2.33. The second kappa shape index (κ2) is 15.9. The van der Waals surface area contributed by atoms with Crippen LogP contribution in [0, 0.1) is 11.7 Å². The largest absolute Gasteiger partial charge is 0.354 e. The van der Waals surface area contributed by atoms with Gasteiger partial charge in [-0.15, -0.1) is 11.3 Å². The Morgan fingerprint density at radius 3 is 2.22 bits per heavy atom.